The summed E-state index contributed by atoms with van der Waals surface area (Å²) >= 11 is 0. The number of hydrogen-bond acceptors (Lipinski definition) is 8. The lowest BCUT2D eigenvalue weighted by Crippen LogP contribution is -2.39. The lowest BCUT2D eigenvalue weighted by Gasteiger charge is -2.31. The number of imidazole rings is 1. The number of ether oxygens (including phenoxy) is 2. The zero-order valence-electron chi connectivity index (χ0n) is 16.4. The van der Waals surface area contributed by atoms with E-state index in [2.05, 4.69) is 26.8 Å². The molecule has 2 aromatic heterocycles. The first-order valence-corrected chi connectivity index (χ1v) is 9.69. The van der Waals surface area contributed by atoms with Gasteiger partial charge in [0, 0.05) is 6.54 Å². The first kappa shape index (κ1) is 20.1. The lowest BCUT2D eigenvalue weighted by molar-refractivity contribution is -0.142. The van der Waals surface area contributed by atoms with Crippen molar-refractivity contribution < 1.29 is 14.3 Å². The molecule has 0 aliphatic carbocycles. The van der Waals surface area contributed by atoms with Crippen molar-refractivity contribution in [3.63, 3.8) is 0 Å². The minimum Gasteiger partial charge on any atom is -0.468 e. The molecule has 2 aromatic rings. The highest BCUT2D eigenvalue weighted by Gasteiger charge is 2.23. The van der Waals surface area contributed by atoms with Crippen molar-refractivity contribution >= 4 is 23.0 Å². The number of hydrogen-bond donors (Lipinski definition) is 2. The summed E-state index contributed by atoms with van der Waals surface area (Å²) in [6.07, 6.45) is 3.67. The highest BCUT2D eigenvalue weighted by atomic mass is 16.5. The predicted octanol–water partition coefficient (Wildman–Crippen LogP) is 0.766. The maximum Gasteiger partial charge on any atom is 0.327 e. The molecule has 0 atom stereocenters. The van der Waals surface area contributed by atoms with Crippen molar-refractivity contribution in [2.24, 2.45) is 5.92 Å². The maximum atomic E-state index is 12.5. The summed E-state index contributed by atoms with van der Waals surface area (Å²) in [4.78, 5) is 37.2. The van der Waals surface area contributed by atoms with Crippen LogP contribution in [0.3, 0.4) is 0 Å². The molecule has 0 bridgehead atoms. The monoisotopic (exact) mass is 392 g/mol. The van der Waals surface area contributed by atoms with Crippen LogP contribution in [-0.4, -0.2) is 63.7 Å². The lowest BCUT2D eigenvalue weighted by atomic mass is 9.97. The average molecular weight is 392 g/mol. The number of nitrogens with zero attached hydrogens (tertiary/aromatic N) is 4. The van der Waals surface area contributed by atoms with E-state index in [1.807, 2.05) is 0 Å². The summed E-state index contributed by atoms with van der Waals surface area (Å²) in [5.74, 6) is 0.292. The molecule has 28 heavy (non-hydrogen) atoms. The molecular weight excluding hydrogens is 364 g/mol. The van der Waals surface area contributed by atoms with E-state index in [9.17, 15) is 9.59 Å². The van der Waals surface area contributed by atoms with E-state index >= 15 is 0 Å². The molecule has 3 heterocycles. The zero-order valence-corrected chi connectivity index (χ0v) is 16.4. The number of methoxy groups -OCH3 is 1. The number of nitrogens with two attached hydrogens (primary N) is 1. The van der Waals surface area contributed by atoms with E-state index in [1.165, 1.54) is 7.11 Å². The van der Waals surface area contributed by atoms with E-state index in [1.54, 1.807) is 4.57 Å². The van der Waals surface area contributed by atoms with Crippen molar-refractivity contribution in [3.05, 3.63) is 10.5 Å². The van der Waals surface area contributed by atoms with Crippen LogP contribution in [0, 0.1) is 5.92 Å². The van der Waals surface area contributed by atoms with Gasteiger partial charge in [-0.1, -0.05) is 13.3 Å². The van der Waals surface area contributed by atoms with E-state index in [-0.39, 0.29) is 23.5 Å². The molecule has 1 aliphatic rings. The number of nitrogens with one attached hydrogen (secondary N) is 1. The van der Waals surface area contributed by atoms with Gasteiger partial charge in [0.15, 0.2) is 11.5 Å². The Morgan fingerprint density at radius 3 is 2.75 bits per heavy atom. The van der Waals surface area contributed by atoms with Gasteiger partial charge in [0.1, 0.15) is 5.52 Å². The summed E-state index contributed by atoms with van der Waals surface area (Å²) in [6, 6.07) is 0.194. The molecule has 10 nitrogen and oxygen atoms in total. The Morgan fingerprint density at radius 2 is 2.07 bits per heavy atom. The highest BCUT2D eigenvalue weighted by molar-refractivity contribution is 5.81. The Labute approximate surface area is 163 Å². The number of H-pyrrole nitrogens is 1. The zero-order chi connectivity index (χ0) is 20.1. The number of piperidine rings is 1. The van der Waals surface area contributed by atoms with Crippen LogP contribution in [0.2, 0.25) is 0 Å². The van der Waals surface area contributed by atoms with Gasteiger partial charge in [-0.25, -0.2) is 4.79 Å². The number of unbranched alkanes of at least 4 members (excludes halogenated alkanes) is 1. The summed E-state index contributed by atoms with van der Waals surface area (Å²) in [6.45, 7) is 5.00. The molecule has 1 fully saturated rings. The number of likely N-dealkylation sites (tertiary alicyclic amines) is 1. The number of anilines is 1. The van der Waals surface area contributed by atoms with Crippen LogP contribution < -0.4 is 16.2 Å². The first-order chi connectivity index (χ1) is 13.5. The van der Waals surface area contributed by atoms with Gasteiger partial charge in [0.05, 0.1) is 20.3 Å². The molecule has 0 radical (unpaired) electrons. The molecule has 3 N–H and O–H groups in total. The van der Waals surface area contributed by atoms with Gasteiger partial charge >= 0.3 is 17.7 Å². The fraction of sp³-hybridized carbons (Fsp3) is 0.667. The average Bonchev–Trinajstić information content (AvgIpc) is 3.00. The number of aromatic amines is 1. The molecule has 0 saturated carbocycles. The third-order valence-electron chi connectivity index (χ3n) is 5.09. The number of nitrogen functional groups attached to an aromatic ring is 1. The van der Waals surface area contributed by atoms with Crippen LogP contribution in [0.4, 0.5) is 5.82 Å². The standard InChI is InChI=1S/C18H28N6O4/c1-3-4-9-28-17-21-15(19)14-16(22-17)24(18(26)20-14)10-12-5-7-23(8-6-12)11-13(25)27-2/h12H,3-11H2,1-2H3,(H,20,26)(H2,19,21,22). The topological polar surface area (TPSA) is 128 Å². The third kappa shape index (κ3) is 4.61. The van der Waals surface area contributed by atoms with Gasteiger partial charge in [-0.2, -0.15) is 9.97 Å². The maximum absolute atomic E-state index is 12.5. The SMILES string of the molecule is CCCCOc1nc(N)c2[nH]c(=O)n(CC3CCN(CC(=O)OC)CC3)c2n1. The summed E-state index contributed by atoms with van der Waals surface area (Å²) in [5.41, 5.74) is 6.65. The Hall–Kier alpha value is -2.62. The number of fused-ring (bicyclic) bond motifs is 1. The molecule has 0 unspecified atom stereocenters. The van der Waals surface area contributed by atoms with Gasteiger partial charge < -0.3 is 20.2 Å². The molecular formula is C18H28N6O4. The van der Waals surface area contributed by atoms with Crippen LogP contribution in [0.25, 0.3) is 11.2 Å². The number of aromatic nitrogens is 4. The largest absolute Gasteiger partial charge is 0.468 e. The normalized spacial score (nSPS) is 15.8. The second-order valence-corrected chi connectivity index (χ2v) is 7.13. The molecule has 10 heteroatoms. The van der Waals surface area contributed by atoms with E-state index in [0.717, 1.165) is 38.8 Å². The molecule has 0 spiro atoms. The summed E-state index contributed by atoms with van der Waals surface area (Å²) in [5, 5.41) is 0. The quantitative estimate of drug-likeness (QED) is 0.498. The first-order valence-electron chi connectivity index (χ1n) is 9.69. The number of carbonyl (C=O) groups excluding carboxylic acids is 1. The van der Waals surface area contributed by atoms with Gasteiger partial charge in [0.2, 0.25) is 0 Å². The number of rotatable bonds is 8. The minimum atomic E-state index is -0.251. The van der Waals surface area contributed by atoms with Gasteiger partial charge in [-0.15, -0.1) is 0 Å². The molecule has 0 amide bonds. The Kier molecular flexibility index (Phi) is 6.50. The molecule has 0 aromatic carbocycles. The third-order valence-corrected chi connectivity index (χ3v) is 5.09. The van der Waals surface area contributed by atoms with Crippen molar-refractivity contribution in [2.75, 3.05) is 39.1 Å². The Bertz CT molecular complexity index is 869. The van der Waals surface area contributed by atoms with Gasteiger partial charge in [-0.3, -0.25) is 14.3 Å². The van der Waals surface area contributed by atoms with E-state index < -0.39 is 0 Å². The fourth-order valence-corrected chi connectivity index (χ4v) is 3.41. The summed E-state index contributed by atoms with van der Waals surface area (Å²) in [7, 11) is 1.40. The minimum absolute atomic E-state index is 0.194. The van der Waals surface area contributed by atoms with Crippen molar-refractivity contribution in [3.8, 4) is 6.01 Å². The molecule has 3 rings (SSSR count). The van der Waals surface area contributed by atoms with E-state index in [4.69, 9.17) is 15.2 Å². The van der Waals surface area contributed by atoms with Crippen molar-refractivity contribution in [2.45, 2.75) is 39.2 Å². The predicted molar refractivity (Wildman–Crippen MR) is 104 cm³/mol. The fourth-order valence-electron chi connectivity index (χ4n) is 3.41. The van der Waals surface area contributed by atoms with Gasteiger partial charge in [-0.05, 0) is 38.3 Å². The van der Waals surface area contributed by atoms with Crippen LogP contribution in [0.5, 0.6) is 6.01 Å². The van der Waals surface area contributed by atoms with Crippen LogP contribution in [0.15, 0.2) is 4.79 Å². The summed E-state index contributed by atoms with van der Waals surface area (Å²) < 4.78 is 11.9. The van der Waals surface area contributed by atoms with E-state index in [0.29, 0.717) is 36.8 Å². The van der Waals surface area contributed by atoms with Crippen LogP contribution in [0.1, 0.15) is 32.6 Å². The van der Waals surface area contributed by atoms with Crippen molar-refractivity contribution in [1.82, 2.24) is 24.4 Å². The Morgan fingerprint density at radius 1 is 1.32 bits per heavy atom. The molecule has 1 aliphatic heterocycles. The second kappa shape index (κ2) is 9.05. The molecule has 154 valence electrons. The number of carbonyl (C=O) groups is 1. The smallest absolute Gasteiger partial charge is 0.327 e. The van der Waals surface area contributed by atoms with Gasteiger partial charge in [0.25, 0.3) is 0 Å². The highest BCUT2D eigenvalue weighted by Crippen LogP contribution is 2.22. The molecule has 1 saturated heterocycles. The van der Waals surface area contributed by atoms with Crippen molar-refractivity contribution in [1.29, 1.82) is 0 Å². The number of esters is 1. The second-order valence-electron chi connectivity index (χ2n) is 7.13. The van der Waals surface area contributed by atoms with Crippen LogP contribution in [-0.2, 0) is 16.1 Å². The van der Waals surface area contributed by atoms with Crippen LogP contribution >= 0.6 is 0 Å². The Balaban J connectivity index is 1.71.